The first-order valence-electron chi connectivity index (χ1n) is 11.3. The number of carbonyl (C=O) groups is 1. The Kier molecular flexibility index (Phi) is 6.45. The van der Waals surface area contributed by atoms with Gasteiger partial charge in [0, 0.05) is 57.2 Å². The topological polar surface area (TPSA) is 103 Å². The van der Waals surface area contributed by atoms with E-state index < -0.39 is 6.61 Å². The Bertz CT molecular complexity index is 1110. The van der Waals surface area contributed by atoms with E-state index in [2.05, 4.69) is 50.0 Å². The van der Waals surface area contributed by atoms with Crippen molar-refractivity contribution < 1.29 is 14.6 Å². The maximum Gasteiger partial charge on any atom is 0.321 e. The first-order valence-corrected chi connectivity index (χ1v) is 11.3. The number of nitrogens with zero attached hydrogens (tertiary/aromatic N) is 4. The number of carbonyl (C=O) groups excluding carboxylic acids is 1. The molecule has 5 rings (SSSR count). The van der Waals surface area contributed by atoms with Crippen LogP contribution in [-0.4, -0.2) is 70.1 Å². The lowest BCUT2D eigenvalue weighted by Gasteiger charge is -2.34. The second kappa shape index (κ2) is 9.80. The van der Waals surface area contributed by atoms with Gasteiger partial charge in [0.15, 0.2) is 0 Å². The molecule has 1 aromatic heterocycles. The monoisotopic (exact) mass is 448 g/mol. The molecule has 1 amide bonds. The van der Waals surface area contributed by atoms with Gasteiger partial charge in [-0.2, -0.15) is 0 Å². The van der Waals surface area contributed by atoms with E-state index in [1.165, 1.54) is 5.56 Å². The number of fused-ring (bicyclic) bond motifs is 1. The predicted molar refractivity (Wildman–Crippen MR) is 123 cm³/mol. The van der Waals surface area contributed by atoms with Crippen LogP contribution in [0.25, 0.3) is 10.8 Å². The number of aliphatic hydroxyl groups is 1. The number of aliphatic hydroxyl groups excluding tert-OH is 1. The SMILES string of the molecule is O=C(CO)N1CCN(Cc2ccc3cc(Oc4ncc(C5CCNN5)cn4)ccc3c2)CC1. The zero-order valence-corrected chi connectivity index (χ0v) is 18.4. The molecule has 2 aliphatic heterocycles. The normalized spacial score (nSPS) is 19.2. The van der Waals surface area contributed by atoms with Gasteiger partial charge in [-0.3, -0.25) is 20.5 Å². The summed E-state index contributed by atoms with van der Waals surface area (Å²) in [5.74, 6) is 0.510. The Morgan fingerprint density at radius 2 is 1.82 bits per heavy atom. The highest BCUT2D eigenvalue weighted by atomic mass is 16.5. The Morgan fingerprint density at radius 3 is 2.55 bits per heavy atom. The minimum atomic E-state index is -0.413. The molecule has 2 saturated heterocycles. The van der Waals surface area contributed by atoms with Crippen LogP contribution in [0.4, 0.5) is 0 Å². The summed E-state index contributed by atoms with van der Waals surface area (Å²) in [4.78, 5) is 24.4. The molecule has 3 N–H and O–H groups in total. The number of aromatic nitrogens is 2. The van der Waals surface area contributed by atoms with Crippen LogP contribution in [0.15, 0.2) is 48.8 Å². The molecule has 0 aliphatic carbocycles. The summed E-state index contributed by atoms with van der Waals surface area (Å²) in [6, 6.07) is 13.0. The van der Waals surface area contributed by atoms with Crippen LogP contribution < -0.4 is 15.6 Å². The van der Waals surface area contributed by atoms with Crippen molar-refractivity contribution in [2.45, 2.75) is 19.0 Å². The fourth-order valence-corrected chi connectivity index (χ4v) is 4.35. The van der Waals surface area contributed by atoms with Crippen LogP contribution in [-0.2, 0) is 11.3 Å². The first kappa shape index (κ1) is 21.7. The molecule has 0 spiro atoms. The van der Waals surface area contributed by atoms with Gasteiger partial charge in [-0.25, -0.2) is 9.97 Å². The average molecular weight is 449 g/mol. The largest absolute Gasteiger partial charge is 0.424 e. The van der Waals surface area contributed by atoms with E-state index in [-0.39, 0.29) is 11.9 Å². The van der Waals surface area contributed by atoms with E-state index in [0.717, 1.165) is 48.9 Å². The number of amides is 1. The second-order valence-corrected chi connectivity index (χ2v) is 8.47. The Labute approximate surface area is 192 Å². The quantitative estimate of drug-likeness (QED) is 0.523. The fraction of sp³-hybridized carbons (Fsp3) is 0.375. The summed E-state index contributed by atoms with van der Waals surface area (Å²) < 4.78 is 5.88. The van der Waals surface area contributed by atoms with E-state index in [1.807, 2.05) is 12.1 Å². The van der Waals surface area contributed by atoms with Crippen molar-refractivity contribution in [3.05, 3.63) is 59.9 Å². The van der Waals surface area contributed by atoms with Crippen molar-refractivity contribution in [2.24, 2.45) is 0 Å². The highest BCUT2D eigenvalue weighted by Gasteiger charge is 2.20. The van der Waals surface area contributed by atoms with Gasteiger partial charge in [-0.15, -0.1) is 0 Å². The first-order chi connectivity index (χ1) is 16.2. The van der Waals surface area contributed by atoms with E-state index >= 15 is 0 Å². The zero-order valence-electron chi connectivity index (χ0n) is 18.4. The van der Waals surface area contributed by atoms with Gasteiger partial charge < -0.3 is 14.7 Å². The van der Waals surface area contributed by atoms with Crippen molar-refractivity contribution in [3.63, 3.8) is 0 Å². The van der Waals surface area contributed by atoms with Crippen molar-refractivity contribution in [1.82, 2.24) is 30.6 Å². The van der Waals surface area contributed by atoms with Gasteiger partial charge in [-0.1, -0.05) is 18.2 Å². The molecule has 9 nitrogen and oxygen atoms in total. The van der Waals surface area contributed by atoms with Crippen molar-refractivity contribution >= 4 is 16.7 Å². The zero-order chi connectivity index (χ0) is 22.6. The lowest BCUT2D eigenvalue weighted by atomic mass is 10.1. The van der Waals surface area contributed by atoms with Crippen LogP contribution in [0.1, 0.15) is 23.6 Å². The number of piperazine rings is 1. The second-order valence-electron chi connectivity index (χ2n) is 8.47. The summed E-state index contributed by atoms with van der Waals surface area (Å²) >= 11 is 0. The van der Waals surface area contributed by atoms with E-state index in [9.17, 15) is 4.79 Å². The lowest BCUT2D eigenvalue weighted by molar-refractivity contribution is -0.135. The minimum Gasteiger partial charge on any atom is -0.424 e. The Balaban J connectivity index is 1.21. The number of ether oxygens (including phenoxy) is 1. The fourth-order valence-electron chi connectivity index (χ4n) is 4.35. The van der Waals surface area contributed by atoms with Gasteiger partial charge in [0.1, 0.15) is 12.4 Å². The van der Waals surface area contributed by atoms with Crippen molar-refractivity contribution in [2.75, 3.05) is 39.3 Å². The van der Waals surface area contributed by atoms with Gasteiger partial charge in [0.05, 0.1) is 6.04 Å². The Hall–Kier alpha value is -3.11. The molecule has 9 heteroatoms. The van der Waals surface area contributed by atoms with Crippen molar-refractivity contribution in [1.29, 1.82) is 0 Å². The summed E-state index contributed by atoms with van der Waals surface area (Å²) in [6.45, 7) is 4.29. The maximum atomic E-state index is 11.6. The number of nitrogens with one attached hydrogen (secondary N) is 2. The molecule has 0 radical (unpaired) electrons. The van der Waals surface area contributed by atoms with Crippen LogP contribution >= 0.6 is 0 Å². The van der Waals surface area contributed by atoms with E-state index in [0.29, 0.717) is 24.8 Å². The highest BCUT2D eigenvalue weighted by Crippen LogP contribution is 2.26. The smallest absolute Gasteiger partial charge is 0.321 e. The molecule has 2 aliphatic rings. The van der Waals surface area contributed by atoms with Gasteiger partial charge in [-0.05, 0) is 41.0 Å². The molecule has 2 fully saturated rings. The summed E-state index contributed by atoms with van der Waals surface area (Å²) in [5, 5.41) is 11.3. The number of rotatable bonds is 6. The number of hydrazine groups is 1. The standard InChI is InChI=1S/C24H28N6O3/c31-16-23(32)30-9-7-29(8-10-30)15-17-1-2-19-12-21(4-3-18(19)11-17)33-24-25-13-20(14-26-24)22-5-6-27-28-22/h1-4,11-14,22,27-28,31H,5-10,15-16H2. The van der Waals surface area contributed by atoms with Crippen LogP contribution in [0, 0.1) is 0 Å². The molecule has 33 heavy (non-hydrogen) atoms. The van der Waals surface area contributed by atoms with Gasteiger partial charge in [0.25, 0.3) is 0 Å². The number of hydrogen-bond donors (Lipinski definition) is 3. The van der Waals surface area contributed by atoms with Gasteiger partial charge in [0.2, 0.25) is 5.91 Å². The van der Waals surface area contributed by atoms with E-state index in [1.54, 1.807) is 17.3 Å². The van der Waals surface area contributed by atoms with Crippen LogP contribution in [0.5, 0.6) is 11.8 Å². The highest BCUT2D eigenvalue weighted by molar-refractivity contribution is 5.84. The third-order valence-corrected chi connectivity index (χ3v) is 6.24. The number of hydrogen-bond acceptors (Lipinski definition) is 8. The molecule has 172 valence electrons. The molecule has 3 aromatic rings. The number of benzene rings is 2. The molecule has 0 saturated carbocycles. The molecule has 1 unspecified atom stereocenters. The maximum absolute atomic E-state index is 11.6. The molecule has 0 bridgehead atoms. The lowest BCUT2D eigenvalue weighted by Crippen LogP contribution is -2.49. The third-order valence-electron chi connectivity index (χ3n) is 6.24. The molecule has 2 aromatic carbocycles. The molecule has 3 heterocycles. The Morgan fingerprint density at radius 1 is 1.06 bits per heavy atom. The summed E-state index contributed by atoms with van der Waals surface area (Å²) in [6.07, 6.45) is 4.62. The van der Waals surface area contributed by atoms with Crippen molar-refractivity contribution in [3.8, 4) is 11.8 Å². The molecular weight excluding hydrogens is 420 g/mol. The summed E-state index contributed by atoms with van der Waals surface area (Å²) in [7, 11) is 0. The van der Waals surface area contributed by atoms with Crippen LogP contribution in [0.3, 0.4) is 0 Å². The van der Waals surface area contributed by atoms with Crippen LogP contribution in [0.2, 0.25) is 0 Å². The minimum absolute atomic E-state index is 0.192. The van der Waals surface area contributed by atoms with Gasteiger partial charge >= 0.3 is 6.01 Å². The van der Waals surface area contributed by atoms with E-state index in [4.69, 9.17) is 9.84 Å². The molecular formula is C24H28N6O3. The summed E-state index contributed by atoms with van der Waals surface area (Å²) in [5.41, 5.74) is 8.59. The average Bonchev–Trinajstić information content (AvgIpc) is 3.40. The molecule has 1 atom stereocenters. The predicted octanol–water partition coefficient (Wildman–Crippen LogP) is 1.60. The third kappa shape index (κ3) is 5.12.